The molecule has 1 aromatic rings. The Morgan fingerprint density at radius 2 is 1.89 bits per heavy atom. The smallest absolute Gasteiger partial charge is 0.0679 e. The lowest BCUT2D eigenvalue weighted by atomic mass is 9.66. The second kappa shape index (κ2) is 4.11. The fraction of sp³-hybridized carbons (Fsp3) is 0.562. The van der Waals surface area contributed by atoms with Gasteiger partial charge in [0.1, 0.15) is 0 Å². The van der Waals surface area contributed by atoms with E-state index in [1.165, 1.54) is 12.0 Å². The zero-order chi connectivity index (χ0) is 13.6. The fourth-order valence-corrected chi connectivity index (χ4v) is 3.26. The molecule has 2 nitrogen and oxygen atoms in total. The molecule has 18 heavy (non-hydrogen) atoms. The Labute approximate surface area is 110 Å². The molecule has 0 amide bonds. The van der Waals surface area contributed by atoms with Crippen LogP contribution in [0.4, 0.5) is 5.69 Å². The van der Waals surface area contributed by atoms with E-state index in [0.29, 0.717) is 5.41 Å². The standard InChI is InChI=1S/C16H24N2/c1-11-9-18-14(6-13(11)17)12-7-15(2,3)10-16(4,5)8-12/h6-7,9H,8,10H2,1-5H3,(H2,17,18). The molecule has 0 fully saturated rings. The zero-order valence-corrected chi connectivity index (χ0v) is 12.2. The van der Waals surface area contributed by atoms with E-state index in [2.05, 4.69) is 38.8 Å². The summed E-state index contributed by atoms with van der Waals surface area (Å²) in [6.45, 7) is 11.3. The summed E-state index contributed by atoms with van der Waals surface area (Å²) in [7, 11) is 0. The number of nitrogen functional groups attached to an aromatic ring is 1. The maximum absolute atomic E-state index is 6.00. The van der Waals surface area contributed by atoms with Gasteiger partial charge in [-0.15, -0.1) is 0 Å². The van der Waals surface area contributed by atoms with Gasteiger partial charge in [0.2, 0.25) is 0 Å². The highest BCUT2D eigenvalue weighted by atomic mass is 14.7. The SMILES string of the molecule is Cc1cnc(C2=CC(C)(C)CC(C)(C)C2)cc1N. The van der Waals surface area contributed by atoms with Crippen LogP contribution in [0.5, 0.6) is 0 Å². The first-order chi connectivity index (χ1) is 8.19. The number of hydrogen-bond donors (Lipinski definition) is 1. The minimum atomic E-state index is 0.235. The topological polar surface area (TPSA) is 38.9 Å². The number of allylic oxidation sites excluding steroid dienone is 2. The van der Waals surface area contributed by atoms with Crippen molar-refractivity contribution in [3.63, 3.8) is 0 Å². The van der Waals surface area contributed by atoms with Crippen LogP contribution >= 0.6 is 0 Å². The van der Waals surface area contributed by atoms with Gasteiger partial charge in [-0.1, -0.05) is 33.8 Å². The molecule has 2 heteroatoms. The predicted molar refractivity (Wildman–Crippen MR) is 78.2 cm³/mol. The van der Waals surface area contributed by atoms with Gasteiger partial charge in [0, 0.05) is 11.9 Å². The Kier molecular flexibility index (Phi) is 3.00. The molecule has 0 saturated heterocycles. The zero-order valence-electron chi connectivity index (χ0n) is 12.2. The van der Waals surface area contributed by atoms with Gasteiger partial charge >= 0.3 is 0 Å². The van der Waals surface area contributed by atoms with Crippen LogP contribution in [-0.4, -0.2) is 4.98 Å². The van der Waals surface area contributed by atoms with E-state index in [1.807, 2.05) is 19.2 Å². The molecule has 0 unspecified atom stereocenters. The van der Waals surface area contributed by atoms with Crippen LogP contribution in [0.15, 0.2) is 18.3 Å². The van der Waals surface area contributed by atoms with Gasteiger partial charge in [-0.3, -0.25) is 4.98 Å². The molecule has 1 aromatic heterocycles. The minimum Gasteiger partial charge on any atom is -0.398 e. The molecule has 0 aromatic carbocycles. The van der Waals surface area contributed by atoms with Crippen LogP contribution in [-0.2, 0) is 0 Å². The molecule has 1 heterocycles. The van der Waals surface area contributed by atoms with Crippen molar-refractivity contribution in [2.75, 3.05) is 5.73 Å². The van der Waals surface area contributed by atoms with Gasteiger partial charge in [0.15, 0.2) is 0 Å². The van der Waals surface area contributed by atoms with Crippen LogP contribution in [0.3, 0.4) is 0 Å². The maximum Gasteiger partial charge on any atom is 0.0679 e. The van der Waals surface area contributed by atoms with E-state index in [9.17, 15) is 0 Å². The number of rotatable bonds is 1. The van der Waals surface area contributed by atoms with Crippen molar-refractivity contribution in [1.29, 1.82) is 0 Å². The predicted octanol–water partition coefficient (Wildman–Crippen LogP) is 4.20. The van der Waals surface area contributed by atoms with Gasteiger partial charge < -0.3 is 5.73 Å². The van der Waals surface area contributed by atoms with Crippen molar-refractivity contribution >= 4 is 11.3 Å². The van der Waals surface area contributed by atoms with Crippen molar-refractivity contribution in [1.82, 2.24) is 4.98 Å². The fourth-order valence-electron chi connectivity index (χ4n) is 3.26. The van der Waals surface area contributed by atoms with Gasteiger partial charge in [0.25, 0.3) is 0 Å². The van der Waals surface area contributed by atoms with Gasteiger partial charge in [-0.25, -0.2) is 0 Å². The van der Waals surface area contributed by atoms with Gasteiger partial charge in [-0.05, 0) is 47.8 Å². The number of pyridine rings is 1. The third-order valence-electron chi connectivity index (χ3n) is 3.64. The van der Waals surface area contributed by atoms with Crippen LogP contribution in [0.2, 0.25) is 0 Å². The average molecular weight is 244 g/mol. The molecular weight excluding hydrogens is 220 g/mol. The highest BCUT2D eigenvalue weighted by Crippen LogP contribution is 2.47. The Hall–Kier alpha value is -1.31. The molecule has 1 aliphatic rings. The molecule has 1 aliphatic carbocycles. The molecule has 0 atom stereocenters. The third kappa shape index (κ3) is 2.74. The number of aromatic nitrogens is 1. The van der Waals surface area contributed by atoms with Crippen LogP contribution in [0.25, 0.3) is 5.57 Å². The molecule has 0 aliphatic heterocycles. The highest BCUT2D eigenvalue weighted by molar-refractivity contribution is 5.68. The van der Waals surface area contributed by atoms with E-state index in [4.69, 9.17) is 5.73 Å². The van der Waals surface area contributed by atoms with Gasteiger partial charge in [-0.2, -0.15) is 0 Å². The quantitative estimate of drug-likeness (QED) is 0.804. The molecule has 98 valence electrons. The summed E-state index contributed by atoms with van der Waals surface area (Å²) >= 11 is 0. The molecule has 0 radical (unpaired) electrons. The molecule has 0 bridgehead atoms. The summed E-state index contributed by atoms with van der Waals surface area (Å²) in [5.74, 6) is 0. The average Bonchev–Trinajstić information content (AvgIpc) is 2.17. The van der Waals surface area contributed by atoms with Gasteiger partial charge in [0.05, 0.1) is 5.69 Å². The number of nitrogens with two attached hydrogens (primary N) is 1. The lowest BCUT2D eigenvalue weighted by Crippen LogP contribution is -2.27. The molecule has 0 saturated carbocycles. The summed E-state index contributed by atoms with van der Waals surface area (Å²) in [6, 6.07) is 2.01. The minimum absolute atomic E-state index is 0.235. The summed E-state index contributed by atoms with van der Waals surface area (Å²) in [5, 5.41) is 0. The summed E-state index contributed by atoms with van der Waals surface area (Å²) < 4.78 is 0. The number of hydrogen-bond acceptors (Lipinski definition) is 2. The second-order valence-electron chi connectivity index (χ2n) is 7.10. The lowest BCUT2D eigenvalue weighted by Gasteiger charge is -2.39. The summed E-state index contributed by atoms with van der Waals surface area (Å²) in [6.07, 6.45) is 6.53. The van der Waals surface area contributed by atoms with Crippen molar-refractivity contribution in [3.8, 4) is 0 Å². The van der Waals surface area contributed by atoms with Crippen LogP contribution < -0.4 is 5.73 Å². The number of anilines is 1. The van der Waals surface area contributed by atoms with Crippen LogP contribution in [0, 0.1) is 17.8 Å². The van der Waals surface area contributed by atoms with Crippen molar-refractivity contribution in [2.45, 2.75) is 47.5 Å². The van der Waals surface area contributed by atoms with E-state index in [0.717, 1.165) is 23.4 Å². The maximum atomic E-state index is 6.00. The third-order valence-corrected chi connectivity index (χ3v) is 3.64. The molecule has 2 N–H and O–H groups in total. The van der Waals surface area contributed by atoms with E-state index >= 15 is 0 Å². The Morgan fingerprint density at radius 3 is 2.44 bits per heavy atom. The monoisotopic (exact) mass is 244 g/mol. The van der Waals surface area contributed by atoms with Crippen molar-refractivity contribution < 1.29 is 0 Å². The molecule has 0 spiro atoms. The Morgan fingerprint density at radius 1 is 1.22 bits per heavy atom. The number of nitrogens with zero attached hydrogens (tertiary/aromatic N) is 1. The normalized spacial score (nSPS) is 21.5. The van der Waals surface area contributed by atoms with E-state index < -0.39 is 0 Å². The first kappa shape index (κ1) is 13.1. The van der Waals surface area contributed by atoms with E-state index in [1.54, 1.807) is 0 Å². The Bertz CT molecular complexity index is 496. The summed E-state index contributed by atoms with van der Waals surface area (Å²) in [4.78, 5) is 4.55. The first-order valence-corrected chi connectivity index (χ1v) is 6.63. The Balaban J connectivity index is 2.43. The van der Waals surface area contributed by atoms with Crippen LogP contribution in [0.1, 0.15) is 51.8 Å². The lowest BCUT2D eigenvalue weighted by molar-refractivity contribution is 0.228. The highest BCUT2D eigenvalue weighted by Gasteiger charge is 2.33. The molecular formula is C16H24N2. The second-order valence-corrected chi connectivity index (χ2v) is 7.10. The first-order valence-electron chi connectivity index (χ1n) is 6.63. The van der Waals surface area contributed by atoms with Crippen molar-refractivity contribution in [2.24, 2.45) is 10.8 Å². The summed E-state index contributed by atoms with van der Waals surface area (Å²) in [5.41, 5.74) is 10.8. The molecule has 2 rings (SSSR count). The van der Waals surface area contributed by atoms with Crippen molar-refractivity contribution in [3.05, 3.63) is 29.6 Å². The number of aryl methyl sites for hydroxylation is 1. The van der Waals surface area contributed by atoms with E-state index in [-0.39, 0.29) is 5.41 Å². The largest absolute Gasteiger partial charge is 0.398 e.